The van der Waals surface area contributed by atoms with Crippen molar-refractivity contribution in [1.82, 2.24) is 3.71 Å². The Bertz CT molecular complexity index is 159. The molecule has 0 N–H and O–H groups in total. The van der Waals surface area contributed by atoms with Gasteiger partial charge in [0, 0.05) is 6.61 Å². The van der Waals surface area contributed by atoms with Gasteiger partial charge in [-0.25, -0.2) is 4.79 Å². The number of amides is 1. The standard InChI is InChI=1S/C6H11NO3S2/c8-6(7(11)12)10-4-5-2-1-3-9-5/h5,11-12H,1-4H2. The molecule has 0 saturated carbocycles. The third-order valence-corrected chi connectivity index (χ3v) is 1.91. The van der Waals surface area contributed by atoms with E-state index in [2.05, 4.69) is 25.6 Å². The zero-order chi connectivity index (χ0) is 8.97. The average molecular weight is 209 g/mol. The van der Waals surface area contributed by atoms with Crippen LogP contribution in [-0.2, 0) is 9.47 Å². The van der Waals surface area contributed by atoms with Gasteiger partial charge in [-0.3, -0.25) is 0 Å². The first-order valence-corrected chi connectivity index (χ1v) is 4.46. The molecule has 12 heavy (non-hydrogen) atoms. The zero-order valence-electron chi connectivity index (χ0n) is 6.47. The second kappa shape index (κ2) is 4.84. The summed E-state index contributed by atoms with van der Waals surface area (Å²) in [6, 6.07) is 0. The van der Waals surface area contributed by atoms with Crippen LogP contribution >= 0.6 is 25.6 Å². The smallest absolute Gasteiger partial charge is 0.430 e. The van der Waals surface area contributed by atoms with Crippen molar-refractivity contribution < 1.29 is 14.3 Å². The van der Waals surface area contributed by atoms with E-state index in [4.69, 9.17) is 9.47 Å². The Labute approximate surface area is 82.3 Å². The topological polar surface area (TPSA) is 38.8 Å². The molecule has 1 unspecified atom stereocenters. The van der Waals surface area contributed by atoms with Crippen molar-refractivity contribution in [2.24, 2.45) is 0 Å². The number of hydrogen-bond acceptors (Lipinski definition) is 5. The van der Waals surface area contributed by atoms with Crippen molar-refractivity contribution >= 4 is 31.7 Å². The van der Waals surface area contributed by atoms with Crippen LogP contribution in [0.1, 0.15) is 12.8 Å². The molecule has 70 valence electrons. The van der Waals surface area contributed by atoms with Crippen molar-refractivity contribution in [3.63, 3.8) is 0 Å². The fourth-order valence-electron chi connectivity index (χ4n) is 0.998. The molecule has 0 aromatic heterocycles. The Hall–Kier alpha value is -0.0700. The molecule has 6 heteroatoms. The van der Waals surface area contributed by atoms with E-state index in [1.807, 2.05) is 0 Å². The van der Waals surface area contributed by atoms with Crippen LogP contribution in [0.4, 0.5) is 4.79 Å². The predicted octanol–water partition coefficient (Wildman–Crippen LogP) is 1.29. The van der Waals surface area contributed by atoms with Gasteiger partial charge in [-0.15, -0.1) is 0 Å². The van der Waals surface area contributed by atoms with E-state index >= 15 is 0 Å². The first-order valence-electron chi connectivity index (χ1n) is 3.66. The minimum Gasteiger partial charge on any atom is -0.445 e. The molecule has 0 radical (unpaired) electrons. The van der Waals surface area contributed by atoms with E-state index in [1.54, 1.807) is 0 Å². The van der Waals surface area contributed by atoms with E-state index in [0.29, 0.717) is 0 Å². The summed E-state index contributed by atoms with van der Waals surface area (Å²) >= 11 is 7.30. The van der Waals surface area contributed by atoms with Crippen molar-refractivity contribution in [3.05, 3.63) is 0 Å². The highest BCUT2D eigenvalue weighted by Gasteiger charge is 2.18. The van der Waals surface area contributed by atoms with Crippen LogP contribution < -0.4 is 0 Å². The molecule has 1 atom stereocenters. The summed E-state index contributed by atoms with van der Waals surface area (Å²) in [6.45, 7) is 1.05. The van der Waals surface area contributed by atoms with Gasteiger partial charge in [0.15, 0.2) is 0 Å². The summed E-state index contributed by atoms with van der Waals surface area (Å²) in [5, 5.41) is 0. The zero-order valence-corrected chi connectivity index (χ0v) is 8.26. The van der Waals surface area contributed by atoms with E-state index in [1.165, 1.54) is 0 Å². The molecule has 1 aliphatic heterocycles. The van der Waals surface area contributed by atoms with E-state index in [-0.39, 0.29) is 12.7 Å². The Morgan fingerprint density at radius 2 is 2.42 bits per heavy atom. The minimum absolute atomic E-state index is 0.0515. The molecule has 0 aromatic rings. The number of ether oxygens (including phenoxy) is 2. The number of nitrogens with zero attached hydrogens (tertiary/aromatic N) is 1. The van der Waals surface area contributed by atoms with Crippen molar-refractivity contribution in [1.29, 1.82) is 0 Å². The fraction of sp³-hybridized carbons (Fsp3) is 0.833. The van der Waals surface area contributed by atoms with Gasteiger partial charge in [0.2, 0.25) is 0 Å². The first kappa shape index (κ1) is 10.0. The lowest BCUT2D eigenvalue weighted by Gasteiger charge is -2.12. The van der Waals surface area contributed by atoms with Gasteiger partial charge in [-0.1, -0.05) is 0 Å². The second-order valence-corrected chi connectivity index (χ2v) is 3.62. The SMILES string of the molecule is O=C(OCC1CCCO1)N(S)S. The number of rotatable bonds is 2. The lowest BCUT2D eigenvalue weighted by atomic mass is 10.2. The van der Waals surface area contributed by atoms with E-state index < -0.39 is 6.09 Å². The summed E-state index contributed by atoms with van der Waals surface area (Å²) in [7, 11) is 0. The van der Waals surface area contributed by atoms with Crippen LogP contribution in [0.3, 0.4) is 0 Å². The maximum absolute atomic E-state index is 10.8. The molecule has 1 rings (SSSR count). The summed E-state index contributed by atoms with van der Waals surface area (Å²) in [6.07, 6.45) is 1.47. The maximum Gasteiger partial charge on any atom is 0.430 e. The van der Waals surface area contributed by atoms with Gasteiger partial charge in [0.05, 0.1) is 6.10 Å². The Morgan fingerprint density at radius 3 is 2.92 bits per heavy atom. The molecule has 1 amide bonds. The van der Waals surface area contributed by atoms with Crippen molar-refractivity contribution in [2.45, 2.75) is 18.9 Å². The third-order valence-electron chi connectivity index (χ3n) is 1.58. The monoisotopic (exact) mass is 209 g/mol. The quantitative estimate of drug-likeness (QED) is 0.673. The van der Waals surface area contributed by atoms with Gasteiger partial charge in [-0.05, 0) is 38.5 Å². The van der Waals surface area contributed by atoms with Crippen LogP contribution in [-0.4, -0.2) is 29.1 Å². The number of carbonyl (C=O) groups is 1. The van der Waals surface area contributed by atoms with Gasteiger partial charge >= 0.3 is 6.09 Å². The number of hydrogen-bond donors (Lipinski definition) is 2. The predicted molar refractivity (Wildman–Crippen MR) is 50.1 cm³/mol. The van der Waals surface area contributed by atoms with E-state index in [0.717, 1.165) is 23.2 Å². The molecular formula is C6H11NO3S2. The highest BCUT2D eigenvalue weighted by Crippen LogP contribution is 2.12. The van der Waals surface area contributed by atoms with Gasteiger partial charge in [-0.2, -0.15) is 3.71 Å². The summed E-state index contributed by atoms with van der Waals surface area (Å²) in [4.78, 5) is 10.8. The molecule has 0 bridgehead atoms. The minimum atomic E-state index is -0.572. The molecule has 0 aromatic carbocycles. The Kier molecular flexibility index (Phi) is 4.03. The summed E-state index contributed by atoms with van der Waals surface area (Å²) in [5.41, 5.74) is 0. The molecule has 1 aliphatic rings. The van der Waals surface area contributed by atoms with Crippen LogP contribution in [0.15, 0.2) is 0 Å². The van der Waals surface area contributed by atoms with Crippen LogP contribution in [0.5, 0.6) is 0 Å². The second-order valence-electron chi connectivity index (χ2n) is 2.50. The molecule has 1 saturated heterocycles. The van der Waals surface area contributed by atoms with Gasteiger partial charge in [0.1, 0.15) is 6.61 Å². The molecule has 1 heterocycles. The molecule has 0 aliphatic carbocycles. The summed E-state index contributed by atoms with van der Waals surface area (Å²) in [5.74, 6) is 0. The normalized spacial score (nSPS) is 22.3. The van der Waals surface area contributed by atoms with Crippen LogP contribution in [0, 0.1) is 0 Å². The van der Waals surface area contributed by atoms with Crippen LogP contribution in [0.25, 0.3) is 0 Å². The highest BCUT2D eigenvalue weighted by molar-refractivity contribution is 7.94. The molecular weight excluding hydrogens is 198 g/mol. The van der Waals surface area contributed by atoms with E-state index in [9.17, 15) is 4.79 Å². The third kappa shape index (κ3) is 3.12. The first-order chi connectivity index (χ1) is 5.70. The highest BCUT2D eigenvalue weighted by atomic mass is 32.2. The maximum atomic E-state index is 10.8. The lowest BCUT2D eigenvalue weighted by Crippen LogP contribution is -2.21. The Morgan fingerprint density at radius 1 is 1.67 bits per heavy atom. The largest absolute Gasteiger partial charge is 0.445 e. The lowest BCUT2D eigenvalue weighted by molar-refractivity contribution is 0.0426. The fourth-order valence-corrected chi connectivity index (χ4v) is 1.11. The number of carbonyl (C=O) groups excluding carboxylic acids is 1. The summed E-state index contributed by atoms with van der Waals surface area (Å²) < 4.78 is 10.8. The molecule has 4 nitrogen and oxygen atoms in total. The van der Waals surface area contributed by atoms with Crippen molar-refractivity contribution in [3.8, 4) is 0 Å². The van der Waals surface area contributed by atoms with Crippen molar-refractivity contribution in [2.75, 3.05) is 13.2 Å². The van der Waals surface area contributed by atoms with Gasteiger partial charge < -0.3 is 9.47 Å². The molecule has 0 spiro atoms. The Balaban J connectivity index is 2.12. The number of thiol groups is 2. The average Bonchev–Trinajstić information content (AvgIpc) is 2.51. The van der Waals surface area contributed by atoms with Crippen LogP contribution in [0.2, 0.25) is 0 Å². The van der Waals surface area contributed by atoms with Gasteiger partial charge in [0.25, 0.3) is 0 Å². The molecule has 1 fully saturated rings.